The molecule has 3 fully saturated rings. The molecule has 4 aliphatic rings. The van der Waals surface area contributed by atoms with Crippen molar-refractivity contribution in [3.05, 3.63) is 47.1 Å². The number of hydrogen-bond donors (Lipinski definition) is 2. The largest absolute Gasteiger partial charge is 0.458 e. The first-order valence-electron chi connectivity index (χ1n) is 13.1. The molecule has 0 aromatic rings. The molecule has 5 heteroatoms. The fourth-order valence-electron chi connectivity index (χ4n) is 6.78. The first-order valence-corrected chi connectivity index (χ1v) is 13.1. The van der Waals surface area contributed by atoms with Gasteiger partial charge in [-0.15, -0.1) is 0 Å². The second-order valence-electron chi connectivity index (χ2n) is 11.4. The Morgan fingerprint density at radius 3 is 2.65 bits per heavy atom. The molecule has 0 aromatic heterocycles. The van der Waals surface area contributed by atoms with Gasteiger partial charge in [0.25, 0.3) is 0 Å². The highest BCUT2D eigenvalue weighted by atomic mass is 16.6. The zero-order valence-electron chi connectivity index (χ0n) is 21.2. The predicted molar refractivity (Wildman–Crippen MR) is 133 cm³/mol. The third kappa shape index (κ3) is 5.12. The van der Waals surface area contributed by atoms with Crippen molar-refractivity contribution in [2.45, 2.75) is 109 Å². The fraction of sp³-hybridized carbons (Fsp3) is 0.690. The van der Waals surface area contributed by atoms with E-state index in [1.807, 2.05) is 13.0 Å². The summed E-state index contributed by atoms with van der Waals surface area (Å²) >= 11 is 0. The van der Waals surface area contributed by atoms with Gasteiger partial charge in [0.1, 0.15) is 12.2 Å². The van der Waals surface area contributed by atoms with Crippen LogP contribution in [0.4, 0.5) is 0 Å². The maximum Gasteiger partial charge on any atom is 0.332 e. The molecule has 2 N–H and O–H groups in total. The van der Waals surface area contributed by atoms with Gasteiger partial charge in [-0.05, 0) is 87.2 Å². The minimum Gasteiger partial charge on any atom is -0.458 e. The number of fused-ring (bicyclic) bond motifs is 1. The van der Waals surface area contributed by atoms with E-state index >= 15 is 0 Å². The Kier molecular flexibility index (Phi) is 7.29. The molecule has 0 aromatic carbocycles. The predicted octanol–water partition coefficient (Wildman–Crippen LogP) is 5.68. The number of ether oxygens (including phenoxy) is 2. The van der Waals surface area contributed by atoms with Gasteiger partial charge < -0.3 is 19.7 Å². The number of aliphatic hydroxyl groups excluding tert-OH is 1. The van der Waals surface area contributed by atoms with E-state index in [-0.39, 0.29) is 24.9 Å². The summed E-state index contributed by atoms with van der Waals surface area (Å²) in [5, 5.41) is 21.7. The Hall–Kier alpha value is -1.69. The van der Waals surface area contributed by atoms with Gasteiger partial charge in [-0.2, -0.15) is 0 Å². The van der Waals surface area contributed by atoms with Gasteiger partial charge >= 0.3 is 5.97 Å². The number of carbonyl (C=O) groups excluding carboxylic acids is 1. The van der Waals surface area contributed by atoms with Crippen LogP contribution in [0.15, 0.2) is 47.1 Å². The monoisotopic (exact) mass is 470 g/mol. The van der Waals surface area contributed by atoms with Crippen molar-refractivity contribution in [2.75, 3.05) is 6.61 Å². The SMILES string of the molecule is C=C1C(=CC=C2CCC[C@]3(C)C(CC)=CC[C@@H]23)C[C@](O)(OCC(=O)OC2(C)CCCC2)CC1O. The summed E-state index contributed by atoms with van der Waals surface area (Å²) in [6, 6.07) is 0. The summed E-state index contributed by atoms with van der Waals surface area (Å²) in [5.74, 6) is -1.56. The standard InChI is InChI=1S/C29H42O5/c1-5-23-12-13-24-21(9-8-16-28(23,24)4)10-11-22-17-29(32,18-25(30)20(22)2)33-19-26(31)34-27(3)14-6-7-15-27/h10-12,24-25,30,32H,2,5-9,13-19H2,1,3-4H3/t24-,25?,28+,29-/m0/s1. The highest BCUT2D eigenvalue weighted by Crippen LogP contribution is 2.55. The van der Waals surface area contributed by atoms with Crippen molar-refractivity contribution >= 4 is 5.97 Å². The van der Waals surface area contributed by atoms with Gasteiger partial charge in [0.2, 0.25) is 0 Å². The smallest absolute Gasteiger partial charge is 0.332 e. The van der Waals surface area contributed by atoms with E-state index in [1.54, 1.807) is 5.57 Å². The zero-order valence-corrected chi connectivity index (χ0v) is 21.2. The second-order valence-corrected chi connectivity index (χ2v) is 11.4. The van der Waals surface area contributed by atoms with Crippen LogP contribution >= 0.6 is 0 Å². The zero-order chi connectivity index (χ0) is 24.6. The van der Waals surface area contributed by atoms with Crippen LogP contribution in [0.3, 0.4) is 0 Å². The molecule has 0 heterocycles. The molecule has 34 heavy (non-hydrogen) atoms. The molecule has 5 nitrogen and oxygen atoms in total. The van der Waals surface area contributed by atoms with Gasteiger partial charge in [0.05, 0.1) is 6.10 Å². The van der Waals surface area contributed by atoms with Crippen LogP contribution in [-0.4, -0.2) is 40.3 Å². The lowest BCUT2D eigenvalue weighted by Gasteiger charge is -2.41. The minimum absolute atomic E-state index is 0.00519. The Morgan fingerprint density at radius 1 is 1.21 bits per heavy atom. The van der Waals surface area contributed by atoms with Crippen LogP contribution in [-0.2, 0) is 14.3 Å². The molecule has 0 bridgehead atoms. The normalized spacial score (nSPS) is 37.7. The first kappa shape index (κ1) is 25.4. The summed E-state index contributed by atoms with van der Waals surface area (Å²) < 4.78 is 11.3. The molecule has 0 spiro atoms. The summed E-state index contributed by atoms with van der Waals surface area (Å²) in [6.07, 6.45) is 15.4. The Morgan fingerprint density at radius 2 is 1.94 bits per heavy atom. The van der Waals surface area contributed by atoms with E-state index in [0.29, 0.717) is 11.5 Å². The van der Waals surface area contributed by atoms with Gasteiger partial charge in [-0.3, -0.25) is 0 Å². The molecule has 0 radical (unpaired) electrons. The first-order chi connectivity index (χ1) is 16.1. The average molecular weight is 471 g/mol. The van der Waals surface area contributed by atoms with Gasteiger partial charge in [-0.25, -0.2) is 4.79 Å². The molecule has 188 valence electrons. The van der Waals surface area contributed by atoms with Crippen molar-refractivity contribution in [3.8, 4) is 0 Å². The molecule has 0 aliphatic heterocycles. The van der Waals surface area contributed by atoms with Gasteiger partial charge in [0.15, 0.2) is 5.79 Å². The quantitative estimate of drug-likeness (QED) is 0.297. The number of aliphatic hydroxyl groups is 2. The van der Waals surface area contributed by atoms with Crippen LogP contribution in [0, 0.1) is 11.3 Å². The number of rotatable bonds is 6. The molecule has 0 saturated heterocycles. The Bertz CT molecular complexity index is 905. The number of esters is 1. The molecular formula is C29H42O5. The topological polar surface area (TPSA) is 76.0 Å². The average Bonchev–Trinajstić information content (AvgIpc) is 3.36. The van der Waals surface area contributed by atoms with E-state index in [1.165, 1.54) is 18.4 Å². The van der Waals surface area contributed by atoms with Crippen LogP contribution in [0.2, 0.25) is 0 Å². The molecule has 3 saturated carbocycles. The van der Waals surface area contributed by atoms with Crippen LogP contribution in [0.25, 0.3) is 0 Å². The number of carbonyl (C=O) groups is 1. The highest BCUT2D eigenvalue weighted by Gasteiger charge is 2.44. The molecule has 1 unspecified atom stereocenters. The summed E-state index contributed by atoms with van der Waals surface area (Å²) in [5.41, 5.74) is 4.23. The molecule has 4 rings (SSSR count). The summed E-state index contributed by atoms with van der Waals surface area (Å²) in [6.45, 7) is 10.3. The Balaban J connectivity index is 1.43. The molecule has 4 atom stereocenters. The maximum atomic E-state index is 12.4. The lowest BCUT2D eigenvalue weighted by Crippen LogP contribution is -2.43. The summed E-state index contributed by atoms with van der Waals surface area (Å²) in [7, 11) is 0. The van der Waals surface area contributed by atoms with E-state index in [9.17, 15) is 15.0 Å². The van der Waals surface area contributed by atoms with Crippen molar-refractivity contribution in [1.82, 2.24) is 0 Å². The lowest BCUT2D eigenvalue weighted by molar-refractivity contribution is -0.228. The maximum absolute atomic E-state index is 12.4. The second kappa shape index (κ2) is 9.75. The Labute approximate surface area is 204 Å². The third-order valence-corrected chi connectivity index (χ3v) is 8.87. The lowest BCUT2D eigenvalue weighted by atomic mass is 9.64. The third-order valence-electron chi connectivity index (χ3n) is 8.87. The van der Waals surface area contributed by atoms with Crippen molar-refractivity contribution in [1.29, 1.82) is 0 Å². The van der Waals surface area contributed by atoms with Crippen LogP contribution in [0.1, 0.15) is 91.4 Å². The number of allylic oxidation sites excluding steroid dienone is 5. The minimum atomic E-state index is -1.62. The summed E-state index contributed by atoms with van der Waals surface area (Å²) in [4.78, 5) is 12.4. The number of hydrogen-bond acceptors (Lipinski definition) is 5. The van der Waals surface area contributed by atoms with Crippen LogP contribution in [0.5, 0.6) is 0 Å². The van der Waals surface area contributed by atoms with Crippen LogP contribution < -0.4 is 0 Å². The highest BCUT2D eigenvalue weighted by molar-refractivity contribution is 5.71. The molecular weight excluding hydrogens is 428 g/mol. The van der Waals surface area contributed by atoms with Crippen molar-refractivity contribution < 1.29 is 24.5 Å². The van der Waals surface area contributed by atoms with E-state index < -0.39 is 23.5 Å². The molecule has 4 aliphatic carbocycles. The van der Waals surface area contributed by atoms with E-state index in [0.717, 1.165) is 50.5 Å². The molecule has 0 amide bonds. The van der Waals surface area contributed by atoms with Crippen molar-refractivity contribution in [3.63, 3.8) is 0 Å². The van der Waals surface area contributed by atoms with Gasteiger partial charge in [-0.1, -0.05) is 49.8 Å². The van der Waals surface area contributed by atoms with E-state index in [4.69, 9.17) is 9.47 Å². The van der Waals surface area contributed by atoms with E-state index in [2.05, 4.69) is 32.6 Å². The van der Waals surface area contributed by atoms with Gasteiger partial charge in [0, 0.05) is 12.8 Å². The fourth-order valence-corrected chi connectivity index (χ4v) is 6.78. The van der Waals surface area contributed by atoms with Crippen molar-refractivity contribution in [2.24, 2.45) is 11.3 Å².